The van der Waals surface area contributed by atoms with Gasteiger partial charge in [0.15, 0.2) is 0 Å². The number of alkyl halides is 5. The predicted octanol–water partition coefficient (Wildman–Crippen LogP) is 2.68. The Kier molecular flexibility index (Phi) is 5.91. The number of fused-ring (bicyclic) bond motifs is 1. The van der Waals surface area contributed by atoms with Crippen molar-refractivity contribution in [1.29, 1.82) is 0 Å². The summed E-state index contributed by atoms with van der Waals surface area (Å²) in [6.07, 6.45) is -7.35. The van der Waals surface area contributed by atoms with Gasteiger partial charge in [0.1, 0.15) is 17.8 Å². The van der Waals surface area contributed by atoms with Gasteiger partial charge in [-0.15, -0.1) is 0 Å². The number of carbonyl (C=O) groups is 3. The number of rotatable bonds is 6. The van der Waals surface area contributed by atoms with Crippen LogP contribution in [0.2, 0.25) is 0 Å². The van der Waals surface area contributed by atoms with Crippen LogP contribution in [0.25, 0.3) is 0 Å². The Morgan fingerprint density at radius 3 is 2.11 bits per heavy atom. The van der Waals surface area contributed by atoms with E-state index < -0.39 is 86.5 Å². The molecule has 1 aliphatic heterocycles. The number of halogens is 5. The molecular weight excluding hydrogens is 523 g/mol. The molecule has 6 atom stereocenters. The number of benzene rings is 1. The van der Waals surface area contributed by atoms with Crippen LogP contribution in [0.4, 0.5) is 22.0 Å². The summed E-state index contributed by atoms with van der Waals surface area (Å²) in [6.45, 7) is 2.78. The van der Waals surface area contributed by atoms with E-state index in [4.69, 9.17) is 14.0 Å². The molecule has 2 bridgehead atoms. The zero-order valence-electron chi connectivity index (χ0n) is 18.5. The molecule has 0 aromatic heterocycles. The van der Waals surface area contributed by atoms with E-state index in [2.05, 4.69) is 4.74 Å². The Hall–Kier alpha value is -2.81. The van der Waals surface area contributed by atoms with Gasteiger partial charge in [-0.3, -0.25) is 14.1 Å². The summed E-state index contributed by atoms with van der Waals surface area (Å²) in [4.78, 5) is 37.4. The van der Waals surface area contributed by atoms with Gasteiger partial charge >= 0.3 is 39.5 Å². The fourth-order valence-corrected chi connectivity index (χ4v) is 5.46. The third-order valence-corrected chi connectivity index (χ3v) is 7.70. The zero-order valence-corrected chi connectivity index (χ0v) is 19.3. The highest BCUT2D eigenvalue weighted by molar-refractivity contribution is 7.87. The maximum atomic E-state index is 13.7. The van der Waals surface area contributed by atoms with Crippen molar-refractivity contribution in [3.8, 4) is 0 Å². The molecule has 2 aliphatic carbocycles. The SMILES string of the molecule is CC(C)(OC(=O)C1C2CC3C(OC(=O)C31)C2OC(=O)C(F)(F)S(=O)(=O)O)c1ccc(C(F)(F)F)cc1. The van der Waals surface area contributed by atoms with Gasteiger partial charge in [-0.05, 0) is 38.0 Å². The van der Waals surface area contributed by atoms with Crippen LogP contribution in [0.1, 0.15) is 31.4 Å². The normalized spacial score (nSPS) is 29.7. The average Bonchev–Trinajstić information content (AvgIpc) is 3.35. The number of ether oxygens (including phenoxy) is 3. The molecular formula is C21H19F5O9S. The third kappa shape index (κ3) is 4.11. The number of esters is 3. The second-order valence-electron chi connectivity index (χ2n) is 9.38. The van der Waals surface area contributed by atoms with Gasteiger partial charge in [0.25, 0.3) is 0 Å². The van der Waals surface area contributed by atoms with E-state index in [0.29, 0.717) is 0 Å². The number of carbonyl (C=O) groups excluding carboxylic acids is 3. The lowest BCUT2D eigenvalue weighted by atomic mass is 9.78. The zero-order chi connectivity index (χ0) is 27.0. The van der Waals surface area contributed by atoms with Gasteiger partial charge in [0.05, 0.1) is 17.4 Å². The van der Waals surface area contributed by atoms with Gasteiger partial charge in [-0.25, -0.2) is 4.79 Å². The Labute approximate surface area is 200 Å². The molecule has 36 heavy (non-hydrogen) atoms. The lowest BCUT2D eigenvalue weighted by molar-refractivity contribution is -0.182. The van der Waals surface area contributed by atoms with Crippen LogP contribution in [-0.2, 0) is 50.5 Å². The van der Waals surface area contributed by atoms with Gasteiger partial charge in [-0.2, -0.15) is 30.4 Å². The summed E-state index contributed by atoms with van der Waals surface area (Å²) in [6, 6.07) is 3.82. The first-order valence-corrected chi connectivity index (χ1v) is 12.0. The molecule has 1 aromatic rings. The highest BCUT2D eigenvalue weighted by Gasteiger charge is 2.71. The molecule has 3 aliphatic rings. The van der Waals surface area contributed by atoms with E-state index in [9.17, 15) is 44.8 Å². The van der Waals surface area contributed by atoms with E-state index in [0.717, 1.165) is 24.3 Å². The molecule has 0 spiro atoms. The van der Waals surface area contributed by atoms with Crippen molar-refractivity contribution in [2.24, 2.45) is 23.7 Å². The lowest BCUT2D eigenvalue weighted by Gasteiger charge is -2.33. The summed E-state index contributed by atoms with van der Waals surface area (Å²) in [7, 11) is -6.16. The highest BCUT2D eigenvalue weighted by atomic mass is 32.2. The van der Waals surface area contributed by atoms with Gasteiger partial charge in [-0.1, -0.05) is 12.1 Å². The second-order valence-corrected chi connectivity index (χ2v) is 10.8. The molecule has 2 saturated carbocycles. The van der Waals surface area contributed by atoms with E-state index in [1.807, 2.05) is 0 Å². The van der Waals surface area contributed by atoms with Crippen LogP contribution in [0.5, 0.6) is 0 Å². The molecule has 1 heterocycles. The van der Waals surface area contributed by atoms with Crippen LogP contribution in [0, 0.1) is 23.7 Å². The number of hydrogen-bond donors (Lipinski definition) is 1. The number of hydrogen-bond acceptors (Lipinski definition) is 8. The van der Waals surface area contributed by atoms with E-state index >= 15 is 0 Å². The molecule has 6 unspecified atom stereocenters. The van der Waals surface area contributed by atoms with E-state index in [-0.39, 0.29) is 12.0 Å². The second kappa shape index (κ2) is 8.10. The Morgan fingerprint density at radius 1 is 1.03 bits per heavy atom. The van der Waals surface area contributed by atoms with Crippen molar-refractivity contribution in [2.75, 3.05) is 0 Å². The molecule has 198 valence electrons. The molecule has 0 radical (unpaired) electrons. The van der Waals surface area contributed by atoms with Crippen LogP contribution in [0.3, 0.4) is 0 Å². The molecule has 1 N–H and O–H groups in total. The molecule has 9 nitrogen and oxygen atoms in total. The Bertz CT molecular complexity index is 1210. The summed E-state index contributed by atoms with van der Waals surface area (Å²) in [5, 5.41) is -5.29. The Morgan fingerprint density at radius 2 is 1.58 bits per heavy atom. The minimum atomic E-state index is -6.16. The average molecular weight is 542 g/mol. The van der Waals surface area contributed by atoms with Crippen LogP contribution in [-0.4, -0.2) is 48.3 Å². The molecule has 15 heteroatoms. The molecule has 0 amide bonds. The van der Waals surface area contributed by atoms with Gasteiger partial charge in [0, 0.05) is 11.8 Å². The largest absolute Gasteiger partial charge is 0.465 e. The van der Waals surface area contributed by atoms with Gasteiger partial charge in [0.2, 0.25) is 0 Å². The summed E-state index contributed by atoms with van der Waals surface area (Å²) in [5.74, 6) is -8.56. The summed E-state index contributed by atoms with van der Waals surface area (Å²) in [5.41, 5.74) is -2.21. The first-order chi connectivity index (χ1) is 16.4. The van der Waals surface area contributed by atoms with Crippen molar-refractivity contribution < 1.29 is 63.5 Å². The topological polar surface area (TPSA) is 133 Å². The minimum absolute atomic E-state index is 0.0386. The highest BCUT2D eigenvalue weighted by Crippen LogP contribution is 2.59. The van der Waals surface area contributed by atoms with E-state index in [1.54, 1.807) is 0 Å². The monoisotopic (exact) mass is 542 g/mol. The lowest BCUT2D eigenvalue weighted by Crippen LogP contribution is -2.48. The van der Waals surface area contributed by atoms with E-state index in [1.165, 1.54) is 13.8 Å². The fourth-order valence-electron chi connectivity index (χ4n) is 5.21. The third-order valence-electron chi connectivity index (χ3n) is 6.89. The summed E-state index contributed by atoms with van der Waals surface area (Å²) >= 11 is 0. The first-order valence-electron chi connectivity index (χ1n) is 10.5. The smallest absolute Gasteiger partial charge is 0.458 e. The van der Waals surface area contributed by atoms with Crippen LogP contribution >= 0.6 is 0 Å². The maximum absolute atomic E-state index is 13.7. The van der Waals surface area contributed by atoms with Crippen molar-refractivity contribution in [2.45, 2.75) is 49.5 Å². The molecule has 1 saturated heterocycles. The predicted molar refractivity (Wildman–Crippen MR) is 105 cm³/mol. The fraction of sp³-hybridized carbons (Fsp3) is 0.571. The molecule has 3 fully saturated rings. The van der Waals surface area contributed by atoms with Crippen molar-refractivity contribution in [3.05, 3.63) is 35.4 Å². The minimum Gasteiger partial charge on any atom is -0.458 e. The van der Waals surface area contributed by atoms with Crippen LogP contribution in [0.15, 0.2) is 24.3 Å². The van der Waals surface area contributed by atoms with Crippen molar-refractivity contribution >= 4 is 28.0 Å². The van der Waals surface area contributed by atoms with Crippen molar-refractivity contribution in [3.63, 3.8) is 0 Å². The standard InChI is InChI=1S/C21H19F5O9S/c1-19(2,8-3-5-9(6-4-8)20(22,23)24)35-17(28)13-11-7-10-12(13)16(27)33-14(10)15(11)34-18(29)21(25,26)36(30,31)32/h3-6,10-15H,7H2,1-2H3,(H,30,31,32). The summed E-state index contributed by atoms with van der Waals surface area (Å²) < 4.78 is 112. The van der Waals surface area contributed by atoms with Gasteiger partial charge < -0.3 is 14.2 Å². The maximum Gasteiger partial charge on any atom is 0.465 e. The van der Waals surface area contributed by atoms with Crippen molar-refractivity contribution in [1.82, 2.24) is 0 Å². The first kappa shape index (κ1) is 26.3. The Balaban J connectivity index is 1.55. The van der Waals surface area contributed by atoms with Crippen LogP contribution < -0.4 is 0 Å². The quantitative estimate of drug-likeness (QED) is 0.249. The molecule has 4 rings (SSSR count). The molecule has 1 aromatic carbocycles.